The minimum absolute atomic E-state index is 0.0333. The van der Waals surface area contributed by atoms with E-state index in [0.29, 0.717) is 13.1 Å². The Hall–Kier alpha value is -3.13. The highest BCUT2D eigenvalue weighted by Gasteiger charge is 2.26. The molecule has 29 heavy (non-hydrogen) atoms. The van der Waals surface area contributed by atoms with Gasteiger partial charge in [-0.15, -0.1) is 11.3 Å². The first-order valence-corrected chi connectivity index (χ1v) is 10.2. The standard InChI is InChI=1S/C21H23N5O2S/c1-14-10-19(29-13-14)16-4-5-20(27)26(24-16)9-8-25(2)18-6-7-22-17-11-15(28-3)12-23-21(17)18/h4-7,10-13,21,23H,8-9H2,1-3H3. The number of fused-ring (bicyclic) bond motifs is 1. The Bertz CT molecular complexity index is 1090. The van der Waals surface area contributed by atoms with Crippen molar-refractivity contribution in [3.63, 3.8) is 0 Å². The Balaban J connectivity index is 1.48. The third-order valence-corrected chi connectivity index (χ3v) is 5.99. The Morgan fingerprint density at radius 3 is 3.00 bits per heavy atom. The summed E-state index contributed by atoms with van der Waals surface area (Å²) in [4.78, 5) is 19.9. The second-order valence-corrected chi connectivity index (χ2v) is 7.89. The molecule has 2 aromatic heterocycles. The second-order valence-electron chi connectivity index (χ2n) is 6.98. The number of hydrogen-bond donors (Lipinski definition) is 1. The van der Waals surface area contributed by atoms with E-state index in [0.717, 1.165) is 27.7 Å². The number of allylic oxidation sites excluding steroid dienone is 2. The fraction of sp³-hybridized carbons (Fsp3) is 0.286. The van der Waals surface area contributed by atoms with Gasteiger partial charge in [0.25, 0.3) is 5.56 Å². The van der Waals surface area contributed by atoms with Crippen LogP contribution in [0.1, 0.15) is 5.56 Å². The Morgan fingerprint density at radius 2 is 2.24 bits per heavy atom. The van der Waals surface area contributed by atoms with Gasteiger partial charge in [0.15, 0.2) is 0 Å². The topological polar surface area (TPSA) is 71.8 Å². The summed E-state index contributed by atoms with van der Waals surface area (Å²) in [5, 5.41) is 9.98. The van der Waals surface area contributed by atoms with Gasteiger partial charge in [0.1, 0.15) is 17.5 Å². The summed E-state index contributed by atoms with van der Waals surface area (Å²) in [7, 11) is 3.65. The van der Waals surface area contributed by atoms with Gasteiger partial charge >= 0.3 is 0 Å². The van der Waals surface area contributed by atoms with E-state index in [1.807, 2.05) is 25.4 Å². The number of methoxy groups -OCH3 is 1. The first-order valence-electron chi connectivity index (χ1n) is 9.36. The number of likely N-dealkylation sites (N-methyl/N-ethyl adjacent to an activating group) is 1. The van der Waals surface area contributed by atoms with Crippen molar-refractivity contribution in [3.8, 4) is 10.6 Å². The normalized spacial score (nSPS) is 17.6. The molecule has 0 aromatic carbocycles. The van der Waals surface area contributed by atoms with Crippen molar-refractivity contribution in [2.75, 3.05) is 20.7 Å². The van der Waals surface area contributed by atoms with Crippen molar-refractivity contribution in [2.45, 2.75) is 19.5 Å². The predicted molar refractivity (Wildman–Crippen MR) is 116 cm³/mol. The van der Waals surface area contributed by atoms with Crippen LogP contribution in [0.25, 0.3) is 10.6 Å². The van der Waals surface area contributed by atoms with Crippen LogP contribution in [0.5, 0.6) is 0 Å². The molecule has 1 N–H and O–H groups in total. The Labute approximate surface area is 173 Å². The van der Waals surface area contributed by atoms with Gasteiger partial charge in [0, 0.05) is 43.8 Å². The number of rotatable bonds is 6. The Kier molecular flexibility index (Phi) is 5.35. The zero-order valence-electron chi connectivity index (χ0n) is 16.6. The quantitative estimate of drug-likeness (QED) is 0.794. The summed E-state index contributed by atoms with van der Waals surface area (Å²) in [6, 6.07) is 5.43. The van der Waals surface area contributed by atoms with Crippen LogP contribution in [0.4, 0.5) is 0 Å². The molecule has 0 saturated carbocycles. The molecule has 0 spiro atoms. The van der Waals surface area contributed by atoms with E-state index in [1.54, 1.807) is 36.8 Å². The molecular weight excluding hydrogens is 386 g/mol. The van der Waals surface area contributed by atoms with E-state index in [4.69, 9.17) is 4.74 Å². The van der Waals surface area contributed by atoms with Crippen molar-refractivity contribution in [2.24, 2.45) is 4.99 Å². The van der Waals surface area contributed by atoms with Crippen molar-refractivity contribution in [3.05, 3.63) is 75.0 Å². The van der Waals surface area contributed by atoms with E-state index in [9.17, 15) is 4.79 Å². The number of dihydropyridines is 2. The maximum absolute atomic E-state index is 12.3. The van der Waals surface area contributed by atoms with Crippen LogP contribution in [0, 0.1) is 6.92 Å². The summed E-state index contributed by atoms with van der Waals surface area (Å²) in [6.45, 7) is 3.19. The lowest BCUT2D eigenvalue weighted by Gasteiger charge is -2.33. The maximum Gasteiger partial charge on any atom is 0.266 e. The first-order chi connectivity index (χ1) is 14.0. The van der Waals surface area contributed by atoms with Gasteiger partial charge < -0.3 is 15.0 Å². The summed E-state index contributed by atoms with van der Waals surface area (Å²) >= 11 is 1.64. The smallest absolute Gasteiger partial charge is 0.266 e. The van der Waals surface area contributed by atoms with Crippen LogP contribution in [0.15, 0.2) is 68.9 Å². The summed E-state index contributed by atoms with van der Waals surface area (Å²) in [6.07, 6.45) is 7.55. The summed E-state index contributed by atoms with van der Waals surface area (Å²) < 4.78 is 6.81. The lowest BCUT2D eigenvalue weighted by molar-refractivity contribution is 0.296. The van der Waals surface area contributed by atoms with Crippen LogP contribution >= 0.6 is 11.3 Å². The molecule has 1 unspecified atom stereocenters. The lowest BCUT2D eigenvalue weighted by atomic mass is 10.0. The van der Waals surface area contributed by atoms with Crippen LogP contribution in [0.3, 0.4) is 0 Å². The van der Waals surface area contributed by atoms with E-state index in [2.05, 4.69) is 38.7 Å². The predicted octanol–water partition coefficient (Wildman–Crippen LogP) is 2.52. The molecule has 0 amide bonds. The molecule has 0 fully saturated rings. The van der Waals surface area contributed by atoms with Crippen LogP contribution in [0.2, 0.25) is 0 Å². The molecular formula is C21H23N5O2S. The Morgan fingerprint density at radius 1 is 1.38 bits per heavy atom. The molecule has 8 heteroatoms. The SMILES string of the molecule is COC1=CNC2C(=C1)N=CC=C2N(C)CCn1nc(-c2cc(C)cs2)ccc1=O. The van der Waals surface area contributed by atoms with Crippen molar-refractivity contribution in [1.82, 2.24) is 20.0 Å². The van der Waals surface area contributed by atoms with Gasteiger partial charge in [-0.25, -0.2) is 4.68 Å². The van der Waals surface area contributed by atoms with Crippen molar-refractivity contribution < 1.29 is 4.74 Å². The molecule has 150 valence electrons. The molecule has 2 aliphatic heterocycles. The number of aliphatic imine (C=N–C) groups is 1. The average molecular weight is 410 g/mol. The number of thiophene rings is 1. The van der Waals surface area contributed by atoms with Crippen LogP contribution in [-0.2, 0) is 11.3 Å². The van der Waals surface area contributed by atoms with E-state index >= 15 is 0 Å². The highest BCUT2D eigenvalue weighted by atomic mass is 32.1. The fourth-order valence-corrected chi connectivity index (χ4v) is 4.18. The largest absolute Gasteiger partial charge is 0.495 e. The molecule has 0 saturated heterocycles. The first kappa shape index (κ1) is 19.2. The van der Waals surface area contributed by atoms with Gasteiger partial charge in [-0.3, -0.25) is 9.79 Å². The van der Waals surface area contributed by atoms with Gasteiger partial charge in [-0.05, 0) is 36.1 Å². The number of nitrogens with zero attached hydrogens (tertiary/aromatic N) is 4. The molecule has 1 atom stereocenters. The second kappa shape index (κ2) is 8.08. The highest BCUT2D eigenvalue weighted by molar-refractivity contribution is 7.13. The third-order valence-electron chi connectivity index (χ3n) is 4.92. The van der Waals surface area contributed by atoms with Gasteiger partial charge in [-0.1, -0.05) is 0 Å². The molecule has 4 heterocycles. The molecule has 0 aliphatic carbocycles. The monoisotopic (exact) mass is 409 g/mol. The summed E-state index contributed by atoms with van der Waals surface area (Å²) in [5.41, 5.74) is 3.91. The van der Waals surface area contributed by atoms with Gasteiger partial charge in [0.2, 0.25) is 0 Å². The molecule has 7 nitrogen and oxygen atoms in total. The number of ether oxygens (including phenoxy) is 1. The zero-order chi connectivity index (χ0) is 20.4. The van der Waals surface area contributed by atoms with Crippen molar-refractivity contribution >= 4 is 17.6 Å². The van der Waals surface area contributed by atoms with E-state index < -0.39 is 0 Å². The van der Waals surface area contributed by atoms with E-state index in [1.165, 1.54) is 10.2 Å². The van der Waals surface area contributed by atoms with Crippen molar-refractivity contribution in [1.29, 1.82) is 0 Å². The number of hydrogen-bond acceptors (Lipinski definition) is 7. The minimum Gasteiger partial charge on any atom is -0.495 e. The van der Waals surface area contributed by atoms with Crippen LogP contribution in [-0.4, -0.2) is 47.6 Å². The third kappa shape index (κ3) is 4.02. The molecule has 0 radical (unpaired) electrons. The minimum atomic E-state index is -0.0985. The molecule has 2 aliphatic rings. The molecule has 4 rings (SSSR count). The van der Waals surface area contributed by atoms with E-state index in [-0.39, 0.29) is 11.6 Å². The average Bonchev–Trinajstić information content (AvgIpc) is 3.18. The van der Waals surface area contributed by atoms with Gasteiger partial charge in [0.05, 0.1) is 24.2 Å². The molecule has 0 bridgehead atoms. The van der Waals surface area contributed by atoms with Gasteiger partial charge in [-0.2, -0.15) is 5.10 Å². The zero-order valence-corrected chi connectivity index (χ0v) is 17.4. The fourth-order valence-electron chi connectivity index (χ4n) is 3.31. The number of nitrogens with one attached hydrogen (secondary N) is 1. The molecule has 2 aromatic rings. The summed E-state index contributed by atoms with van der Waals surface area (Å²) in [5.74, 6) is 0.744. The number of aromatic nitrogens is 2. The maximum atomic E-state index is 12.3. The van der Waals surface area contributed by atoms with Crippen LogP contribution < -0.4 is 10.9 Å². The number of aryl methyl sites for hydroxylation is 1. The lowest BCUT2D eigenvalue weighted by Crippen LogP contribution is -2.40. The highest BCUT2D eigenvalue weighted by Crippen LogP contribution is 2.25.